The molecular weight excluding hydrogens is 302 g/mol. The number of hydrogen-bond donors (Lipinski definition) is 1. The van der Waals surface area contributed by atoms with E-state index in [-0.39, 0.29) is 23.0 Å². The molecule has 0 saturated heterocycles. The van der Waals surface area contributed by atoms with E-state index < -0.39 is 16.0 Å². The van der Waals surface area contributed by atoms with Gasteiger partial charge < -0.3 is 4.74 Å². The number of carbonyl (C=O) groups excluding carboxylic acids is 1. The zero-order chi connectivity index (χ0) is 17.1. The number of carbonyl (C=O) groups is 1. The Balaban J connectivity index is 3.00. The van der Waals surface area contributed by atoms with Crippen molar-refractivity contribution in [3.8, 4) is 0 Å². The summed E-state index contributed by atoms with van der Waals surface area (Å²) in [7, 11) is -3.76. The molecule has 0 spiro atoms. The number of sulfonamides is 1. The minimum atomic E-state index is -3.76. The van der Waals surface area contributed by atoms with Crippen molar-refractivity contribution in [2.75, 3.05) is 6.54 Å². The van der Waals surface area contributed by atoms with Crippen molar-refractivity contribution in [1.82, 2.24) is 4.72 Å². The van der Waals surface area contributed by atoms with E-state index in [0.29, 0.717) is 5.56 Å². The summed E-state index contributed by atoms with van der Waals surface area (Å²) < 4.78 is 32.0. The van der Waals surface area contributed by atoms with Crippen LogP contribution in [0.15, 0.2) is 23.1 Å². The van der Waals surface area contributed by atoms with Crippen LogP contribution in [0.1, 0.15) is 45.7 Å². The van der Waals surface area contributed by atoms with Crippen molar-refractivity contribution in [3.05, 3.63) is 29.3 Å². The van der Waals surface area contributed by atoms with Crippen LogP contribution in [0, 0.1) is 6.92 Å². The second-order valence-electron chi connectivity index (χ2n) is 6.59. The van der Waals surface area contributed by atoms with Gasteiger partial charge >= 0.3 is 5.97 Å². The highest BCUT2D eigenvalue weighted by Crippen LogP contribution is 2.26. The lowest BCUT2D eigenvalue weighted by Gasteiger charge is -2.21. The summed E-state index contributed by atoms with van der Waals surface area (Å²) in [6.45, 7) is 10.8. The molecule has 0 amide bonds. The topological polar surface area (TPSA) is 72.5 Å². The van der Waals surface area contributed by atoms with E-state index in [1.54, 1.807) is 32.9 Å². The molecule has 0 aromatic heterocycles. The van der Waals surface area contributed by atoms with Crippen LogP contribution in [0.25, 0.3) is 0 Å². The molecule has 0 aliphatic heterocycles. The third-order valence-electron chi connectivity index (χ3n) is 3.12. The first-order valence-corrected chi connectivity index (χ1v) is 8.72. The van der Waals surface area contributed by atoms with Crippen LogP contribution in [-0.4, -0.2) is 27.0 Å². The molecule has 1 aromatic carbocycles. The molecule has 124 valence electrons. The van der Waals surface area contributed by atoms with Gasteiger partial charge in [0.05, 0.1) is 11.0 Å². The van der Waals surface area contributed by atoms with E-state index in [2.05, 4.69) is 4.72 Å². The van der Waals surface area contributed by atoms with Crippen molar-refractivity contribution >= 4 is 16.0 Å². The van der Waals surface area contributed by atoms with Gasteiger partial charge in [-0.15, -0.1) is 0 Å². The van der Waals surface area contributed by atoms with Gasteiger partial charge in [-0.05, 0) is 43.4 Å². The van der Waals surface area contributed by atoms with Gasteiger partial charge in [0.2, 0.25) is 10.0 Å². The Bertz CT molecular complexity index is 643. The minimum Gasteiger partial charge on any atom is -0.462 e. The van der Waals surface area contributed by atoms with Crippen LogP contribution in [0.2, 0.25) is 0 Å². The Morgan fingerprint density at radius 2 is 1.86 bits per heavy atom. The molecule has 5 nitrogen and oxygen atoms in total. The fraction of sp³-hybridized carbons (Fsp3) is 0.562. The summed E-state index contributed by atoms with van der Waals surface area (Å²) in [6, 6.07) is 5.36. The molecule has 0 atom stereocenters. The number of hydrogen-bond acceptors (Lipinski definition) is 4. The Kier molecular flexibility index (Phi) is 5.76. The van der Waals surface area contributed by atoms with Crippen LogP contribution in [0.3, 0.4) is 0 Å². The monoisotopic (exact) mass is 327 g/mol. The zero-order valence-corrected chi connectivity index (χ0v) is 14.9. The van der Waals surface area contributed by atoms with Gasteiger partial charge in [-0.2, -0.15) is 4.72 Å². The second kappa shape index (κ2) is 6.79. The lowest BCUT2D eigenvalue weighted by Crippen LogP contribution is -2.32. The summed E-state index contributed by atoms with van der Waals surface area (Å²) >= 11 is 0. The second-order valence-corrected chi connectivity index (χ2v) is 8.33. The van der Waals surface area contributed by atoms with E-state index in [4.69, 9.17) is 4.74 Å². The van der Waals surface area contributed by atoms with Crippen LogP contribution in [-0.2, 0) is 25.0 Å². The Labute approximate surface area is 133 Å². The fourth-order valence-electron chi connectivity index (χ4n) is 1.89. The van der Waals surface area contributed by atoms with Gasteiger partial charge in [0.1, 0.15) is 6.54 Å². The molecule has 0 fully saturated rings. The largest absolute Gasteiger partial charge is 0.462 e. The first kappa shape index (κ1) is 18.6. The molecule has 0 radical (unpaired) electrons. The lowest BCUT2D eigenvalue weighted by atomic mass is 9.87. The molecule has 1 N–H and O–H groups in total. The van der Waals surface area contributed by atoms with Crippen LogP contribution >= 0.6 is 0 Å². The smallest absolute Gasteiger partial charge is 0.321 e. The maximum absolute atomic E-state index is 12.4. The lowest BCUT2D eigenvalue weighted by molar-refractivity contribution is -0.145. The van der Waals surface area contributed by atoms with E-state index in [9.17, 15) is 13.2 Å². The van der Waals surface area contributed by atoms with Gasteiger partial charge in [-0.25, -0.2) is 8.42 Å². The van der Waals surface area contributed by atoms with Crippen LogP contribution in [0.5, 0.6) is 0 Å². The highest BCUT2D eigenvalue weighted by Gasteiger charge is 2.22. The van der Waals surface area contributed by atoms with Crippen molar-refractivity contribution in [2.24, 2.45) is 0 Å². The molecule has 1 rings (SSSR count). The van der Waals surface area contributed by atoms with Crippen molar-refractivity contribution in [3.63, 3.8) is 0 Å². The summed E-state index contributed by atoms with van der Waals surface area (Å²) in [4.78, 5) is 11.7. The van der Waals surface area contributed by atoms with Crippen LogP contribution < -0.4 is 4.72 Å². The van der Waals surface area contributed by atoms with Gasteiger partial charge in [0.25, 0.3) is 0 Å². The van der Waals surface area contributed by atoms with Gasteiger partial charge in [0.15, 0.2) is 0 Å². The predicted molar refractivity (Wildman–Crippen MR) is 86.3 cm³/mol. The first-order chi connectivity index (χ1) is 9.93. The molecule has 0 aliphatic carbocycles. The van der Waals surface area contributed by atoms with Crippen molar-refractivity contribution in [2.45, 2.75) is 58.0 Å². The standard InChI is InChI=1S/C16H25NO4S/c1-11(2)21-15(18)10-17-22(19,20)14-9-13(16(4,5)6)8-7-12(14)3/h7-9,11,17H,10H2,1-6H3. The number of rotatable bonds is 5. The maximum Gasteiger partial charge on any atom is 0.321 e. The van der Waals surface area contributed by atoms with Crippen molar-refractivity contribution in [1.29, 1.82) is 0 Å². The first-order valence-electron chi connectivity index (χ1n) is 7.24. The Hall–Kier alpha value is -1.40. The Morgan fingerprint density at radius 3 is 2.36 bits per heavy atom. The minimum absolute atomic E-state index is 0.158. The Morgan fingerprint density at radius 1 is 1.27 bits per heavy atom. The predicted octanol–water partition coefficient (Wildman–Crippen LogP) is 2.52. The number of nitrogens with one attached hydrogen (secondary N) is 1. The molecule has 0 unspecified atom stereocenters. The maximum atomic E-state index is 12.4. The van der Waals surface area contributed by atoms with Crippen LogP contribution in [0.4, 0.5) is 0 Å². The third-order valence-corrected chi connectivity index (χ3v) is 4.66. The molecule has 6 heteroatoms. The average Bonchev–Trinajstić information content (AvgIpc) is 2.34. The van der Waals surface area contributed by atoms with Crippen molar-refractivity contribution < 1.29 is 17.9 Å². The number of esters is 1. The fourth-order valence-corrected chi connectivity index (χ4v) is 3.13. The molecule has 0 saturated carbocycles. The number of ether oxygens (including phenoxy) is 1. The number of aryl methyl sites for hydroxylation is 1. The highest BCUT2D eigenvalue weighted by atomic mass is 32.2. The molecule has 0 heterocycles. The van der Waals surface area contributed by atoms with Gasteiger partial charge in [0, 0.05) is 0 Å². The molecule has 1 aromatic rings. The van der Waals surface area contributed by atoms with E-state index >= 15 is 0 Å². The quantitative estimate of drug-likeness (QED) is 0.844. The van der Waals surface area contributed by atoms with E-state index in [1.165, 1.54) is 0 Å². The van der Waals surface area contributed by atoms with Gasteiger partial charge in [-0.1, -0.05) is 32.9 Å². The third kappa shape index (κ3) is 5.10. The highest BCUT2D eigenvalue weighted by molar-refractivity contribution is 7.89. The number of benzene rings is 1. The molecule has 0 bridgehead atoms. The zero-order valence-electron chi connectivity index (χ0n) is 14.1. The normalized spacial score (nSPS) is 12.5. The van der Waals surface area contributed by atoms with E-state index in [0.717, 1.165) is 5.56 Å². The molecule has 22 heavy (non-hydrogen) atoms. The van der Waals surface area contributed by atoms with Gasteiger partial charge in [-0.3, -0.25) is 4.79 Å². The molecular formula is C16H25NO4S. The van der Waals surface area contributed by atoms with E-state index in [1.807, 2.05) is 26.8 Å². The summed E-state index contributed by atoms with van der Waals surface area (Å²) in [5.41, 5.74) is 1.40. The average molecular weight is 327 g/mol. The molecule has 0 aliphatic rings. The SMILES string of the molecule is Cc1ccc(C(C)(C)C)cc1S(=O)(=O)NCC(=O)OC(C)C. The summed E-state index contributed by atoms with van der Waals surface area (Å²) in [5.74, 6) is -0.594. The summed E-state index contributed by atoms with van der Waals surface area (Å²) in [5, 5.41) is 0. The summed E-state index contributed by atoms with van der Waals surface area (Å²) in [6.07, 6.45) is -0.275.